The van der Waals surface area contributed by atoms with Crippen molar-refractivity contribution in [3.05, 3.63) is 35.4 Å². The molecule has 0 aliphatic carbocycles. The van der Waals surface area contributed by atoms with E-state index >= 15 is 0 Å². The van der Waals surface area contributed by atoms with E-state index in [4.69, 9.17) is 0 Å². The molecule has 0 unspecified atom stereocenters. The van der Waals surface area contributed by atoms with E-state index in [1.165, 1.54) is 0 Å². The number of nitrogens with zero attached hydrogens (tertiary/aromatic N) is 2. The van der Waals surface area contributed by atoms with Crippen LogP contribution in [0.5, 0.6) is 0 Å². The second kappa shape index (κ2) is 8.39. The Morgan fingerprint density at radius 1 is 0.952 bits per heavy atom. The van der Waals surface area contributed by atoms with E-state index in [1.54, 1.807) is 43.4 Å². The van der Waals surface area contributed by atoms with Crippen molar-refractivity contribution in [1.82, 2.24) is 20.7 Å². The molecule has 0 aliphatic heterocycles. The molecule has 0 fully saturated rings. The zero-order chi connectivity index (χ0) is 15.8. The first-order valence-electron chi connectivity index (χ1n) is 6.91. The number of benzene rings is 1. The largest absolute Gasteiger partial charge is 0.352 e. The van der Waals surface area contributed by atoms with Crippen LogP contribution in [0, 0.1) is 0 Å². The first-order valence-corrected chi connectivity index (χ1v) is 6.91. The highest BCUT2D eigenvalue weighted by molar-refractivity contribution is 5.97. The smallest absolute Gasteiger partial charge is 0.265 e. The lowest BCUT2D eigenvalue weighted by Gasteiger charge is -2.12. The van der Waals surface area contributed by atoms with Crippen LogP contribution in [0.4, 0.5) is 0 Å². The minimum atomic E-state index is -0.196. The van der Waals surface area contributed by atoms with Crippen LogP contribution in [-0.2, 0) is 0 Å². The van der Waals surface area contributed by atoms with E-state index < -0.39 is 0 Å². The Bertz CT molecular complexity index is 469. The molecule has 0 aliphatic rings. The Morgan fingerprint density at radius 3 is 1.95 bits per heavy atom. The summed E-state index contributed by atoms with van der Waals surface area (Å²) in [4.78, 5) is 25.7. The van der Waals surface area contributed by atoms with Crippen LogP contribution < -0.4 is 10.7 Å². The Kier molecular flexibility index (Phi) is 6.84. The van der Waals surface area contributed by atoms with E-state index in [0.717, 1.165) is 13.0 Å². The number of hydrazine groups is 1. The molecule has 6 nitrogen and oxygen atoms in total. The third kappa shape index (κ3) is 6.37. The normalized spacial score (nSPS) is 10.8. The van der Waals surface area contributed by atoms with Gasteiger partial charge in [-0.15, -0.1) is 0 Å². The molecule has 0 atom stereocenters. The van der Waals surface area contributed by atoms with Gasteiger partial charge in [0.05, 0.1) is 0 Å². The molecule has 116 valence electrons. The lowest BCUT2D eigenvalue weighted by Crippen LogP contribution is -2.36. The summed E-state index contributed by atoms with van der Waals surface area (Å²) in [5, 5.41) is 4.44. The van der Waals surface area contributed by atoms with E-state index in [9.17, 15) is 9.59 Å². The number of rotatable bonds is 7. The van der Waals surface area contributed by atoms with Gasteiger partial charge in [0.15, 0.2) is 0 Å². The first kappa shape index (κ1) is 17.1. The van der Waals surface area contributed by atoms with Gasteiger partial charge in [0.1, 0.15) is 0 Å². The van der Waals surface area contributed by atoms with Gasteiger partial charge in [-0.2, -0.15) is 0 Å². The van der Waals surface area contributed by atoms with Crippen molar-refractivity contribution < 1.29 is 9.59 Å². The second-order valence-electron chi connectivity index (χ2n) is 5.33. The highest BCUT2D eigenvalue weighted by Crippen LogP contribution is 2.04. The van der Waals surface area contributed by atoms with Crippen molar-refractivity contribution in [3.63, 3.8) is 0 Å². The van der Waals surface area contributed by atoms with E-state index in [2.05, 4.69) is 15.6 Å². The summed E-state index contributed by atoms with van der Waals surface area (Å²) in [5.41, 5.74) is 3.73. The fourth-order valence-corrected chi connectivity index (χ4v) is 1.74. The quantitative estimate of drug-likeness (QED) is 0.570. The number of hydrogen-bond acceptors (Lipinski definition) is 4. The molecule has 2 amide bonds. The van der Waals surface area contributed by atoms with Crippen molar-refractivity contribution in [1.29, 1.82) is 0 Å². The summed E-state index contributed by atoms with van der Waals surface area (Å²) < 4.78 is 0. The summed E-state index contributed by atoms with van der Waals surface area (Å²) >= 11 is 0. The molecule has 0 saturated heterocycles. The van der Waals surface area contributed by atoms with E-state index in [-0.39, 0.29) is 11.8 Å². The third-order valence-electron chi connectivity index (χ3n) is 2.80. The SMILES string of the molecule is CN(C)CCCNC(=O)c1ccc(C(=O)NN(C)C)cc1. The van der Waals surface area contributed by atoms with Crippen LogP contribution in [0.1, 0.15) is 27.1 Å². The molecule has 1 aromatic rings. The summed E-state index contributed by atoms with van der Waals surface area (Å²) in [6.07, 6.45) is 0.905. The number of hydrogen-bond donors (Lipinski definition) is 2. The van der Waals surface area contributed by atoms with Gasteiger partial charge in [0, 0.05) is 31.8 Å². The highest BCUT2D eigenvalue weighted by Gasteiger charge is 2.09. The van der Waals surface area contributed by atoms with Crippen LogP contribution in [0.15, 0.2) is 24.3 Å². The molecule has 2 N–H and O–H groups in total. The van der Waals surface area contributed by atoms with E-state index in [0.29, 0.717) is 17.7 Å². The van der Waals surface area contributed by atoms with Crippen molar-refractivity contribution in [3.8, 4) is 0 Å². The number of nitrogens with one attached hydrogen (secondary N) is 2. The average molecular weight is 292 g/mol. The van der Waals surface area contributed by atoms with Crippen LogP contribution in [0.3, 0.4) is 0 Å². The molecule has 0 spiro atoms. The molecule has 0 saturated carbocycles. The fourth-order valence-electron chi connectivity index (χ4n) is 1.74. The average Bonchev–Trinajstić information content (AvgIpc) is 2.42. The molecule has 21 heavy (non-hydrogen) atoms. The van der Waals surface area contributed by atoms with Crippen molar-refractivity contribution >= 4 is 11.8 Å². The van der Waals surface area contributed by atoms with Gasteiger partial charge in [-0.05, 0) is 51.3 Å². The fraction of sp³-hybridized carbons (Fsp3) is 0.467. The molecular formula is C15H24N4O2. The highest BCUT2D eigenvalue weighted by atomic mass is 16.2. The summed E-state index contributed by atoms with van der Waals surface area (Å²) in [7, 11) is 7.49. The zero-order valence-electron chi connectivity index (χ0n) is 13.1. The predicted octanol–water partition coefficient (Wildman–Crippen LogP) is 0.575. The minimum Gasteiger partial charge on any atom is -0.352 e. The summed E-state index contributed by atoms with van der Waals surface area (Å²) in [6, 6.07) is 6.61. The lowest BCUT2D eigenvalue weighted by atomic mass is 10.1. The summed E-state index contributed by atoms with van der Waals surface area (Å²) in [5.74, 6) is -0.314. The van der Waals surface area contributed by atoms with Gasteiger partial charge in [-0.25, -0.2) is 5.01 Å². The Labute approximate surface area is 126 Å². The van der Waals surface area contributed by atoms with Crippen molar-refractivity contribution in [2.45, 2.75) is 6.42 Å². The van der Waals surface area contributed by atoms with Crippen LogP contribution in [0.2, 0.25) is 0 Å². The maximum absolute atomic E-state index is 11.9. The Hall–Kier alpha value is -1.92. The van der Waals surface area contributed by atoms with Gasteiger partial charge in [-0.3, -0.25) is 15.0 Å². The Balaban J connectivity index is 2.49. The number of carbonyl (C=O) groups is 2. The minimum absolute atomic E-state index is 0.117. The summed E-state index contributed by atoms with van der Waals surface area (Å²) in [6.45, 7) is 1.57. The molecule has 0 aromatic heterocycles. The molecule has 0 radical (unpaired) electrons. The monoisotopic (exact) mass is 292 g/mol. The number of amides is 2. The van der Waals surface area contributed by atoms with Gasteiger partial charge < -0.3 is 10.2 Å². The maximum atomic E-state index is 11.9. The second-order valence-corrected chi connectivity index (χ2v) is 5.33. The van der Waals surface area contributed by atoms with Crippen LogP contribution in [0.25, 0.3) is 0 Å². The standard InChI is InChI=1S/C15H24N4O2/c1-18(2)11-5-10-16-14(20)12-6-8-13(9-7-12)15(21)17-19(3)4/h6-9H,5,10-11H2,1-4H3,(H,16,20)(H,17,21). The molecular weight excluding hydrogens is 268 g/mol. The van der Waals surface area contributed by atoms with Crippen molar-refractivity contribution in [2.75, 3.05) is 41.3 Å². The molecule has 6 heteroatoms. The predicted molar refractivity (Wildman–Crippen MR) is 83.1 cm³/mol. The van der Waals surface area contributed by atoms with Gasteiger partial charge >= 0.3 is 0 Å². The van der Waals surface area contributed by atoms with Crippen molar-refractivity contribution in [2.24, 2.45) is 0 Å². The zero-order valence-corrected chi connectivity index (χ0v) is 13.1. The lowest BCUT2D eigenvalue weighted by molar-refractivity contribution is 0.0855. The molecule has 0 bridgehead atoms. The van der Waals surface area contributed by atoms with E-state index in [1.807, 2.05) is 14.1 Å². The first-order chi connectivity index (χ1) is 9.90. The van der Waals surface area contributed by atoms with Gasteiger partial charge in [-0.1, -0.05) is 0 Å². The van der Waals surface area contributed by atoms with Crippen LogP contribution in [-0.4, -0.2) is 63.0 Å². The number of carbonyl (C=O) groups excluding carboxylic acids is 2. The van der Waals surface area contributed by atoms with Gasteiger partial charge in [0.2, 0.25) is 0 Å². The Morgan fingerprint density at radius 2 is 1.48 bits per heavy atom. The molecule has 1 rings (SSSR count). The molecule has 1 aromatic carbocycles. The third-order valence-corrected chi connectivity index (χ3v) is 2.80. The molecule has 0 heterocycles. The van der Waals surface area contributed by atoms with Crippen LogP contribution >= 0.6 is 0 Å². The maximum Gasteiger partial charge on any atom is 0.265 e. The topological polar surface area (TPSA) is 64.7 Å². The van der Waals surface area contributed by atoms with Gasteiger partial charge in [0.25, 0.3) is 11.8 Å².